The van der Waals surface area contributed by atoms with E-state index < -0.39 is 0 Å². The molecule has 148 valence electrons. The lowest BCUT2D eigenvalue weighted by Gasteiger charge is -2.30. The minimum atomic E-state index is 0. The largest absolute Gasteiger partial charge is 0.339 e. The SMILES string of the molecule is CCCN(CC)C(=O)c1ccc(-c2nc(C3CNCCN3C)no2)cc1.Cl. The molecular formula is C19H28ClN5O2. The molecular weight excluding hydrogens is 366 g/mol. The van der Waals surface area contributed by atoms with Gasteiger partial charge in [-0.25, -0.2) is 0 Å². The van der Waals surface area contributed by atoms with Gasteiger partial charge in [0.1, 0.15) is 0 Å². The van der Waals surface area contributed by atoms with Crippen molar-refractivity contribution in [3.63, 3.8) is 0 Å². The van der Waals surface area contributed by atoms with Crippen molar-refractivity contribution >= 4 is 18.3 Å². The van der Waals surface area contributed by atoms with Gasteiger partial charge >= 0.3 is 0 Å². The molecule has 1 aromatic carbocycles. The number of nitrogens with one attached hydrogen (secondary N) is 1. The molecule has 3 rings (SSSR count). The van der Waals surface area contributed by atoms with Gasteiger partial charge < -0.3 is 14.7 Å². The third kappa shape index (κ3) is 4.86. The summed E-state index contributed by atoms with van der Waals surface area (Å²) in [7, 11) is 2.07. The van der Waals surface area contributed by atoms with Crippen molar-refractivity contribution in [2.45, 2.75) is 26.3 Å². The molecule has 27 heavy (non-hydrogen) atoms. The van der Waals surface area contributed by atoms with E-state index in [1.165, 1.54) is 0 Å². The Morgan fingerprint density at radius 2 is 2.07 bits per heavy atom. The number of benzene rings is 1. The maximum atomic E-state index is 12.5. The monoisotopic (exact) mass is 393 g/mol. The number of carbonyl (C=O) groups is 1. The van der Waals surface area contributed by atoms with Crippen LogP contribution in [0.2, 0.25) is 0 Å². The van der Waals surface area contributed by atoms with Crippen LogP contribution in [0, 0.1) is 0 Å². The van der Waals surface area contributed by atoms with E-state index in [4.69, 9.17) is 4.52 Å². The number of piperazine rings is 1. The van der Waals surface area contributed by atoms with Crippen molar-refractivity contribution in [1.82, 2.24) is 25.3 Å². The zero-order valence-electron chi connectivity index (χ0n) is 16.1. The predicted molar refractivity (Wildman–Crippen MR) is 107 cm³/mol. The van der Waals surface area contributed by atoms with Crippen molar-refractivity contribution in [2.24, 2.45) is 0 Å². The Kier molecular flexibility index (Phi) is 7.77. The highest BCUT2D eigenvalue weighted by molar-refractivity contribution is 5.94. The van der Waals surface area contributed by atoms with Gasteiger partial charge in [-0.05, 0) is 44.7 Å². The quantitative estimate of drug-likeness (QED) is 0.813. The minimum Gasteiger partial charge on any atom is -0.339 e. The van der Waals surface area contributed by atoms with Crippen LogP contribution < -0.4 is 5.32 Å². The number of halogens is 1. The molecule has 1 amide bonds. The molecule has 1 aliphatic rings. The van der Waals surface area contributed by atoms with Gasteiger partial charge in [0.2, 0.25) is 0 Å². The molecule has 1 atom stereocenters. The molecule has 2 aromatic rings. The van der Waals surface area contributed by atoms with E-state index in [1.807, 2.05) is 36.1 Å². The van der Waals surface area contributed by atoms with Gasteiger partial charge in [-0.15, -0.1) is 12.4 Å². The van der Waals surface area contributed by atoms with Crippen molar-refractivity contribution in [3.05, 3.63) is 35.7 Å². The number of carbonyl (C=O) groups excluding carboxylic acids is 1. The smallest absolute Gasteiger partial charge is 0.257 e. The fourth-order valence-corrected chi connectivity index (χ4v) is 3.19. The number of likely N-dealkylation sites (N-methyl/N-ethyl adjacent to an activating group) is 1. The summed E-state index contributed by atoms with van der Waals surface area (Å²) in [6, 6.07) is 7.51. The third-order valence-electron chi connectivity index (χ3n) is 4.79. The van der Waals surface area contributed by atoms with Crippen LogP contribution in [-0.2, 0) is 0 Å². The van der Waals surface area contributed by atoms with Crippen LogP contribution in [0.4, 0.5) is 0 Å². The normalized spacial score (nSPS) is 17.4. The molecule has 0 radical (unpaired) electrons. The molecule has 0 aliphatic carbocycles. The van der Waals surface area contributed by atoms with Gasteiger partial charge in [0.15, 0.2) is 5.82 Å². The molecule has 8 heteroatoms. The first-order valence-corrected chi connectivity index (χ1v) is 9.28. The van der Waals surface area contributed by atoms with E-state index in [0.29, 0.717) is 23.8 Å². The second-order valence-electron chi connectivity index (χ2n) is 6.62. The summed E-state index contributed by atoms with van der Waals surface area (Å²) in [6.45, 7) is 8.30. The van der Waals surface area contributed by atoms with E-state index in [1.54, 1.807) is 0 Å². The second kappa shape index (κ2) is 9.82. The Labute approximate surface area is 166 Å². The maximum absolute atomic E-state index is 12.5. The molecule has 1 unspecified atom stereocenters. The Balaban J connectivity index is 0.00000261. The zero-order chi connectivity index (χ0) is 18.5. The molecule has 0 saturated carbocycles. The molecule has 0 spiro atoms. The van der Waals surface area contributed by atoms with Crippen molar-refractivity contribution in [2.75, 3.05) is 39.8 Å². The van der Waals surface area contributed by atoms with Crippen LogP contribution in [0.1, 0.15) is 42.5 Å². The summed E-state index contributed by atoms with van der Waals surface area (Å²) < 4.78 is 5.45. The van der Waals surface area contributed by atoms with E-state index in [0.717, 1.165) is 38.2 Å². The first-order valence-electron chi connectivity index (χ1n) is 9.28. The van der Waals surface area contributed by atoms with Crippen LogP contribution in [0.25, 0.3) is 11.5 Å². The molecule has 1 aliphatic heterocycles. The van der Waals surface area contributed by atoms with Crippen LogP contribution in [0.15, 0.2) is 28.8 Å². The summed E-state index contributed by atoms with van der Waals surface area (Å²) in [5.41, 5.74) is 1.50. The highest BCUT2D eigenvalue weighted by Crippen LogP contribution is 2.23. The number of nitrogens with zero attached hydrogens (tertiary/aromatic N) is 4. The first kappa shape index (κ1) is 21.3. The summed E-state index contributed by atoms with van der Waals surface area (Å²) in [5.74, 6) is 1.23. The summed E-state index contributed by atoms with van der Waals surface area (Å²) in [4.78, 5) is 21.2. The standard InChI is InChI=1S/C19H27N5O2.ClH/c1-4-11-24(5-2)19(25)15-8-6-14(7-9-15)18-21-17(22-26-18)16-13-20-10-12-23(16)3;/h6-9,16,20H,4-5,10-13H2,1-3H3;1H. The van der Waals surface area contributed by atoms with Crippen molar-refractivity contribution in [1.29, 1.82) is 0 Å². The molecule has 1 fully saturated rings. The maximum Gasteiger partial charge on any atom is 0.257 e. The van der Waals surface area contributed by atoms with E-state index in [-0.39, 0.29) is 24.4 Å². The van der Waals surface area contributed by atoms with Gasteiger partial charge in [0.25, 0.3) is 11.8 Å². The zero-order valence-corrected chi connectivity index (χ0v) is 17.0. The number of hydrogen-bond acceptors (Lipinski definition) is 6. The van der Waals surface area contributed by atoms with E-state index in [2.05, 4.69) is 34.3 Å². The lowest BCUT2D eigenvalue weighted by molar-refractivity contribution is 0.0764. The van der Waals surface area contributed by atoms with Crippen LogP contribution >= 0.6 is 12.4 Å². The number of amides is 1. The van der Waals surface area contributed by atoms with Gasteiger partial charge in [0.05, 0.1) is 6.04 Å². The van der Waals surface area contributed by atoms with Gasteiger partial charge in [0, 0.05) is 43.9 Å². The highest BCUT2D eigenvalue weighted by atomic mass is 35.5. The summed E-state index contributed by atoms with van der Waals surface area (Å²) in [6.07, 6.45) is 0.951. The highest BCUT2D eigenvalue weighted by Gasteiger charge is 2.25. The number of hydrogen-bond donors (Lipinski definition) is 1. The third-order valence-corrected chi connectivity index (χ3v) is 4.79. The lowest BCUT2D eigenvalue weighted by Crippen LogP contribution is -2.44. The average Bonchev–Trinajstić information content (AvgIpc) is 3.16. The lowest BCUT2D eigenvalue weighted by atomic mass is 10.1. The molecule has 2 heterocycles. The van der Waals surface area contributed by atoms with Crippen LogP contribution in [-0.4, -0.2) is 65.6 Å². The van der Waals surface area contributed by atoms with Gasteiger partial charge in [-0.2, -0.15) is 4.98 Å². The van der Waals surface area contributed by atoms with E-state index >= 15 is 0 Å². The molecule has 0 bridgehead atoms. The van der Waals surface area contributed by atoms with Gasteiger partial charge in [-0.3, -0.25) is 9.69 Å². The Hall–Kier alpha value is -1.96. The fraction of sp³-hybridized carbons (Fsp3) is 0.526. The molecule has 1 saturated heterocycles. The molecule has 7 nitrogen and oxygen atoms in total. The second-order valence-corrected chi connectivity index (χ2v) is 6.62. The Morgan fingerprint density at radius 3 is 2.70 bits per heavy atom. The van der Waals surface area contributed by atoms with Crippen molar-refractivity contribution < 1.29 is 9.32 Å². The van der Waals surface area contributed by atoms with Gasteiger partial charge in [-0.1, -0.05) is 12.1 Å². The Morgan fingerprint density at radius 1 is 1.33 bits per heavy atom. The summed E-state index contributed by atoms with van der Waals surface area (Å²) >= 11 is 0. The first-order chi connectivity index (χ1) is 12.6. The number of aromatic nitrogens is 2. The Bertz CT molecular complexity index is 734. The van der Waals surface area contributed by atoms with Crippen molar-refractivity contribution in [3.8, 4) is 11.5 Å². The topological polar surface area (TPSA) is 74.5 Å². The van der Waals surface area contributed by atoms with Crippen LogP contribution in [0.5, 0.6) is 0 Å². The van der Waals surface area contributed by atoms with Crippen LogP contribution in [0.3, 0.4) is 0 Å². The predicted octanol–water partition coefficient (Wildman–Crippen LogP) is 2.61. The fourth-order valence-electron chi connectivity index (χ4n) is 3.19. The molecule has 1 N–H and O–H groups in total. The van der Waals surface area contributed by atoms with E-state index in [9.17, 15) is 4.79 Å². The molecule has 1 aromatic heterocycles. The minimum absolute atomic E-state index is 0. The summed E-state index contributed by atoms with van der Waals surface area (Å²) in [5, 5.41) is 7.50. The number of rotatable bonds is 6. The average molecular weight is 394 g/mol.